The van der Waals surface area contributed by atoms with Crippen molar-refractivity contribution in [3.63, 3.8) is 0 Å². The zero-order valence-corrected chi connectivity index (χ0v) is 13.4. The number of rotatable bonds is 4. The number of hydrogen-bond donors (Lipinski definition) is 1. The first kappa shape index (κ1) is 17.0. The van der Waals surface area contributed by atoms with E-state index in [1.165, 1.54) is 0 Å². The van der Waals surface area contributed by atoms with E-state index in [1.807, 2.05) is 0 Å². The molecule has 3 aliphatic rings. The molecule has 0 spiro atoms. The highest BCUT2D eigenvalue weighted by Gasteiger charge is 2.69. The van der Waals surface area contributed by atoms with Gasteiger partial charge < -0.3 is 4.74 Å². The Labute approximate surface area is 131 Å². The Morgan fingerprint density at radius 2 is 2.04 bits per heavy atom. The molecule has 0 aromatic heterocycles. The molecule has 0 aromatic carbocycles. The van der Waals surface area contributed by atoms with E-state index >= 15 is 0 Å². The van der Waals surface area contributed by atoms with Crippen molar-refractivity contribution in [1.29, 1.82) is 0 Å². The van der Waals surface area contributed by atoms with Gasteiger partial charge in [-0.05, 0) is 18.3 Å². The van der Waals surface area contributed by atoms with Crippen LogP contribution in [0, 0.1) is 23.7 Å². The minimum Gasteiger partial charge on any atom is -0.458 e. The zero-order valence-electron chi connectivity index (χ0n) is 11.8. The van der Waals surface area contributed by atoms with Gasteiger partial charge in [-0.15, -0.1) is 0 Å². The number of esters is 1. The molecule has 0 radical (unpaired) electrons. The van der Waals surface area contributed by atoms with E-state index in [0.717, 1.165) is 0 Å². The first-order valence-electron chi connectivity index (χ1n) is 6.80. The van der Waals surface area contributed by atoms with Crippen molar-refractivity contribution in [2.75, 3.05) is 6.61 Å². The van der Waals surface area contributed by atoms with Gasteiger partial charge in [0.1, 0.15) is 0 Å². The van der Waals surface area contributed by atoms with Gasteiger partial charge in [0.2, 0.25) is 0 Å². The Kier molecular flexibility index (Phi) is 3.57. The molecule has 1 N–H and O–H groups in total. The molecular formula is C11H14F2O8S2. The Morgan fingerprint density at radius 3 is 2.61 bits per heavy atom. The second kappa shape index (κ2) is 4.83. The van der Waals surface area contributed by atoms with Gasteiger partial charge in [-0.1, -0.05) is 6.92 Å². The van der Waals surface area contributed by atoms with Crippen molar-refractivity contribution >= 4 is 26.2 Å². The van der Waals surface area contributed by atoms with E-state index in [9.17, 15) is 30.4 Å². The summed E-state index contributed by atoms with van der Waals surface area (Å²) >= 11 is 0. The topological polar surface area (TPSA) is 124 Å². The number of ether oxygens (including phenoxy) is 1. The van der Waals surface area contributed by atoms with E-state index in [-0.39, 0.29) is 18.3 Å². The number of fused-ring (bicyclic) bond motifs is 1. The zero-order chi connectivity index (χ0) is 17.4. The van der Waals surface area contributed by atoms with Gasteiger partial charge in [-0.25, -0.2) is 0 Å². The monoisotopic (exact) mass is 376 g/mol. The van der Waals surface area contributed by atoms with Crippen molar-refractivity contribution in [2.45, 2.75) is 30.0 Å². The van der Waals surface area contributed by atoms with Gasteiger partial charge >= 0.3 is 21.3 Å². The number of hydrogen-bond acceptors (Lipinski definition) is 7. The minimum absolute atomic E-state index is 0.151. The highest BCUT2D eigenvalue weighted by atomic mass is 32.2. The van der Waals surface area contributed by atoms with Crippen LogP contribution >= 0.6 is 0 Å². The van der Waals surface area contributed by atoms with Crippen LogP contribution in [0.1, 0.15) is 13.3 Å². The quantitative estimate of drug-likeness (QED) is 0.413. The summed E-state index contributed by atoms with van der Waals surface area (Å²) in [5, 5.41) is -5.33. The van der Waals surface area contributed by atoms with Crippen molar-refractivity contribution < 1.29 is 43.9 Å². The highest BCUT2D eigenvalue weighted by Crippen LogP contribution is 2.60. The van der Waals surface area contributed by atoms with Crippen molar-refractivity contribution in [2.24, 2.45) is 23.7 Å². The smallest absolute Gasteiger partial charge is 0.402 e. The summed E-state index contributed by atoms with van der Waals surface area (Å²) < 4.78 is 88.5. The lowest BCUT2D eigenvalue weighted by molar-refractivity contribution is -0.159. The average molecular weight is 376 g/mol. The molecule has 5 unspecified atom stereocenters. The molecule has 3 fully saturated rings. The summed E-state index contributed by atoms with van der Waals surface area (Å²) in [7, 11) is -9.50. The van der Waals surface area contributed by atoms with Crippen LogP contribution in [0.2, 0.25) is 0 Å². The van der Waals surface area contributed by atoms with Crippen LogP contribution in [0.5, 0.6) is 0 Å². The van der Waals surface area contributed by atoms with Gasteiger partial charge in [0.05, 0.1) is 17.3 Å². The van der Waals surface area contributed by atoms with Crippen molar-refractivity contribution in [3.8, 4) is 0 Å². The summed E-state index contributed by atoms with van der Waals surface area (Å²) in [6.07, 6.45) is -0.787. The Hall–Kier alpha value is -0.850. The summed E-state index contributed by atoms with van der Waals surface area (Å²) in [5.74, 6) is -3.13. The van der Waals surface area contributed by atoms with Crippen molar-refractivity contribution in [3.05, 3.63) is 0 Å². The third-order valence-corrected chi connectivity index (χ3v) is 7.67. The lowest BCUT2D eigenvalue weighted by Gasteiger charge is -2.23. The summed E-state index contributed by atoms with van der Waals surface area (Å²) in [4.78, 5) is 12.0. The van der Waals surface area contributed by atoms with E-state index in [1.54, 1.807) is 6.92 Å². The first-order valence-corrected chi connectivity index (χ1v) is 9.71. The minimum atomic E-state index is -5.71. The Bertz CT molecular complexity index is 746. The molecule has 0 amide bonds. The lowest BCUT2D eigenvalue weighted by atomic mass is 9.86. The molecule has 132 valence electrons. The molecule has 3 rings (SSSR count). The first-order chi connectivity index (χ1) is 10.4. The van der Waals surface area contributed by atoms with Gasteiger partial charge in [-0.2, -0.15) is 25.6 Å². The van der Waals surface area contributed by atoms with E-state index in [0.29, 0.717) is 0 Å². The van der Waals surface area contributed by atoms with Gasteiger partial charge in [0.15, 0.2) is 6.61 Å². The van der Waals surface area contributed by atoms with E-state index in [4.69, 9.17) is 8.74 Å². The second-order valence-electron chi connectivity index (χ2n) is 6.17. The van der Waals surface area contributed by atoms with Gasteiger partial charge in [0, 0.05) is 5.92 Å². The van der Waals surface area contributed by atoms with E-state index < -0.39 is 61.3 Å². The molecule has 1 aliphatic heterocycles. The highest BCUT2D eigenvalue weighted by molar-refractivity contribution is 7.87. The van der Waals surface area contributed by atoms with Crippen molar-refractivity contribution in [1.82, 2.24) is 0 Å². The standard InChI is InChI=1S/C11H14F2O8S2/c1-4-5-2-6-7(4)9(21-22(6,15)16)8(5)10(14)20-3-11(12,13)23(17,18)19/h4-9H,2-3H2,1H3,(H,17,18,19)/t4-,5?,6?,7?,8?,9?/m0/s1. The molecule has 12 heteroatoms. The summed E-state index contributed by atoms with van der Waals surface area (Å²) in [6.45, 7) is -0.0809. The maximum Gasteiger partial charge on any atom is 0.402 e. The van der Waals surface area contributed by atoms with Crippen LogP contribution in [0.4, 0.5) is 8.78 Å². The largest absolute Gasteiger partial charge is 0.458 e. The maximum atomic E-state index is 13.1. The molecule has 1 heterocycles. The van der Waals surface area contributed by atoms with Gasteiger partial charge in [0.25, 0.3) is 10.1 Å². The van der Waals surface area contributed by atoms with Crippen LogP contribution in [-0.4, -0.2) is 50.6 Å². The molecule has 6 atom stereocenters. The lowest BCUT2D eigenvalue weighted by Crippen LogP contribution is -2.39. The van der Waals surface area contributed by atoms with Crippen LogP contribution in [0.15, 0.2) is 0 Å². The predicted octanol–water partition coefficient (Wildman–Crippen LogP) is 0.00940. The molecule has 2 bridgehead atoms. The SMILES string of the molecule is C[C@H]1C2CC3C1C(OS3(=O)=O)C2C(=O)OCC(F)(F)S(=O)(=O)O. The van der Waals surface area contributed by atoms with E-state index in [2.05, 4.69) is 4.74 Å². The number of alkyl halides is 2. The van der Waals surface area contributed by atoms with Crippen LogP contribution in [0.3, 0.4) is 0 Å². The molecule has 0 aromatic rings. The Balaban J connectivity index is 1.75. The average Bonchev–Trinajstić information content (AvgIpc) is 2.91. The molecular weight excluding hydrogens is 362 g/mol. The van der Waals surface area contributed by atoms with Crippen LogP contribution in [0.25, 0.3) is 0 Å². The second-order valence-corrected chi connectivity index (χ2v) is 9.50. The maximum absolute atomic E-state index is 13.1. The summed E-state index contributed by atoms with van der Waals surface area (Å²) in [5.41, 5.74) is 0. The molecule has 2 saturated carbocycles. The third kappa shape index (κ3) is 2.37. The number of halogens is 2. The fourth-order valence-corrected chi connectivity index (χ4v) is 6.18. The molecule has 1 saturated heterocycles. The fourth-order valence-electron chi connectivity index (χ4n) is 4.03. The molecule has 8 nitrogen and oxygen atoms in total. The predicted molar refractivity (Wildman–Crippen MR) is 69.3 cm³/mol. The summed E-state index contributed by atoms with van der Waals surface area (Å²) in [6, 6.07) is 0. The Morgan fingerprint density at radius 1 is 1.43 bits per heavy atom. The fraction of sp³-hybridized carbons (Fsp3) is 0.909. The number of carbonyl (C=O) groups excluding carboxylic acids is 1. The van der Waals surface area contributed by atoms with Crippen LogP contribution < -0.4 is 0 Å². The number of carbonyl (C=O) groups is 1. The normalized spacial score (nSPS) is 41.2. The third-order valence-electron chi connectivity index (χ3n) is 5.06. The molecule has 23 heavy (non-hydrogen) atoms. The van der Waals surface area contributed by atoms with Crippen LogP contribution in [-0.2, 0) is 34.0 Å². The molecule has 2 aliphatic carbocycles. The van der Waals surface area contributed by atoms with Gasteiger partial charge in [-0.3, -0.25) is 13.5 Å².